The van der Waals surface area contributed by atoms with Crippen LogP contribution in [0, 0.1) is 0 Å². The standard InChI is InChI=1S/C18H21NO8/c1-27-12-5-4-9-2-3-10(6-11(9)7-12)17(25)19-18(26)16(24)15(23)14(22)13(21)8-20/h2-7,13-16,20-24H,8H2,1H3,(H,19,25,26)/t13-,14-,15+,16-/m1/s1. The van der Waals surface area contributed by atoms with Gasteiger partial charge in [-0.05, 0) is 35.0 Å². The van der Waals surface area contributed by atoms with Crippen LogP contribution in [-0.4, -0.2) is 75.5 Å². The monoisotopic (exact) mass is 379 g/mol. The number of benzene rings is 2. The van der Waals surface area contributed by atoms with E-state index in [2.05, 4.69) is 0 Å². The molecule has 0 aromatic heterocycles. The maximum Gasteiger partial charge on any atom is 0.258 e. The molecule has 9 heteroatoms. The largest absolute Gasteiger partial charge is 0.497 e. The van der Waals surface area contributed by atoms with Crippen LogP contribution >= 0.6 is 0 Å². The molecule has 0 spiro atoms. The van der Waals surface area contributed by atoms with Crippen LogP contribution in [0.15, 0.2) is 36.4 Å². The van der Waals surface area contributed by atoms with E-state index in [9.17, 15) is 30.0 Å². The normalized spacial score (nSPS) is 15.6. The molecule has 4 atom stereocenters. The Bertz CT molecular complexity index is 824. The number of amides is 2. The van der Waals surface area contributed by atoms with Crippen molar-refractivity contribution in [2.24, 2.45) is 0 Å². The van der Waals surface area contributed by atoms with Crippen LogP contribution in [0.5, 0.6) is 5.75 Å². The van der Waals surface area contributed by atoms with Crippen LogP contribution < -0.4 is 10.1 Å². The maximum absolute atomic E-state index is 12.2. The fraction of sp³-hybridized carbons (Fsp3) is 0.333. The molecule has 0 unspecified atom stereocenters. The fourth-order valence-corrected chi connectivity index (χ4v) is 2.43. The summed E-state index contributed by atoms with van der Waals surface area (Å²) in [6.45, 7) is -0.883. The summed E-state index contributed by atoms with van der Waals surface area (Å²) in [6, 6.07) is 9.93. The lowest BCUT2D eigenvalue weighted by molar-refractivity contribution is -0.148. The summed E-state index contributed by atoms with van der Waals surface area (Å²) >= 11 is 0. The van der Waals surface area contributed by atoms with Crippen LogP contribution in [0.25, 0.3) is 10.8 Å². The summed E-state index contributed by atoms with van der Waals surface area (Å²) in [5, 5.41) is 50.4. The van der Waals surface area contributed by atoms with Crippen LogP contribution in [0.3, 0.4) is 0 Å². The van der Waals surface area contributed by atoms with Crippen molar-refractivity contribution in [1.29, 1.82) is 0 Å². The molecule has 0 saturated carbocycles. The average molecular weight is 379 g/mol. The molecule has 9 nitrogen and oxygen atoms in total. The Morgan fingerprint density at radius 1 is 1.00 bits per heavy atom. The van der Waals surface area contributed by atoms with Crippen LogP contribution in [0.1, 0.15) is 10.4 Å². The van der Waals surface area contributed by atoms with E-state index in [0.717, 1.165) is 5.39 Å². The minimum atomic E-state index is -2.19. The number of ether oxygens (including phenoxy) is 1. The summed E-state index contributed by atoms with van der Waals surface area (Å²) in [6.07, 6.45) is -8.01. The molecule has 0 aliphatic heterocycles. The Balaban J connectivity index is 2.11. The van der Waals surface area contributed by atoms with Crippen LogP contribution in [0.4, 0.5) is 0 Å². The quantitative estimate of drug-likeness (QED) is 0.341. The molecule has 0 bridgehead atoms. The van der Waals surface area contributed by atoms with Gasteiger partial charge in [-0.15, -0.1) is 0 Å². The lowest BCUT2D eigenvalue weighted by Crippen LogP contribution is -2.52. The third kappa shape index (κ3) is 4.79. The molecule has 146 valence electrons. The van der Waals surface area contributed by atoms with E-state index in [1.54, 1.807) is 24.3 Å². The van der Waals surface area contributed by atoms with Gasteiger partial charge >= 0.3 is 0 Å². The third-order valence-electron chi connectivity index (χ3n) is 4.07. The first-order valence-corrected chi connectivity index (χ1v) is 8.04. The first kappa shape index (κ1) is 20.7. The van der Waals surface area contributed by atoms with E-state index in [0.29, 0.717) is 11.1 Å². The molecule has 0 radical (unpaired) electrons. The fourth-order valence-electron chi connectivity index (χ4n) is 2.43. The van der Waals surface area contributed by atoms with Gasteiger partial charge in [0.05, 0.1) is 13.7 Å². The molecular weight excluding hydrogens is 358 g/mol. The predicted molar refractivity (Wildman–Crippen MR) is 94.1 cm³/mol. The minimum Gasteiger partial charge on any atom is -0.497 e. The van der Waals surface area contributed by atoms with Crippen LogP contribution in [-0.2, 0) is 4.79 Å². The van der Waals surface area contributed by atoms with Crippen molar-refractivity contribution >= 4 is 22.6 Å². The van der Waals surface area contributed by atoms with Gasteiger partial charge in [-0.2, -0.15) is 0 Å². The Hall–Kier alpha value is -2.56. The van der Waals surface area contributed by atoms with Gasteiger partial charge in [0.2, 0.25) is 0 Å². The number of hydrogen-bond acceptors (Lipinski definition) is 8. The topological polar surface area (TPSA) is 157 Å². The average Bonchev–Trinajstić information content (AvgIpc) is 2.70. The zero-order chi connectivity index (χ0) is 20.1. The summed E-state index contributed by atoms with van der Waals surface area (Å²) < 4.78 is 5.12. The van der Waals surface area contributed by atoms with Gasteiger partial charge in [0, 0.05) is 5.56 Å². The highest BCUT2D eigenvalue weighted by Gasteiger charge is 2.34. The Morgan fingerprint density at radius 2 is 1.67 bits per heavy atom. The number of aliphatic hydroxyl groups is 5. The van der Waals surface area contributed by atoms with Gasteiger partial charge in [-0.1, -0.05) is 12.1 Å². The maximum atomic E-state index is 12.2. The van der Waals surface area contributed by atoms with Gasteiger partial charge in [0.25, 0.3) is 11.8 Å². The second-order valence-corrected chi connectivity index (χ2v) is 5.92. The van der Waals surface area contributed by atoms with Crippen LogP contribution in [0.2, 0.25) is 0 Å². The van der Waals surface area contributed by atoms with Crippen molar-refractivity contribution < 1.29 is 39.9 Å². The van der Waals surface area contributed by atoms with Crippen molar-refractivity contribution in [3.63, 3.8) is 0 Å². The number of imide groups is 1. The number of carbonyl (C=O) groups is 2. The molecule has 0 saturated heterocycles. The SMILES string of the molecule is COc1ccc2ccc(C(=O)NC(=O)[C@H](O)[C@@H](O)[C@H](O)[C@H](O)CO)cc2c1. The number of carbonyl (C=O) groups excluding carboxylic acids is 2. The predicted octanol–water partition coefficient (Wildman–Crippen LogP) is -1.46. The Kier molecular flexibility index (Phi) is 6.83. The Morgan fingerprint density at radius 3 is 2.30 bits per heavy atom. The van der Waals surface area contributed by atoms with Crippen molar-refractivity contribution in [2.75, 3.05) is 13.7 Å². The van der Waals surface area contributed by atoms with Crippen molar-refractivity contribution in [3.05, 3.63) is 42.0 Å². The zero-order valence-corrected chi connectivity index (χ0v) is 14.4. The number of fused-ring (bicyclic) bond motifs is 1. The van der Waals surface area contributed by atoms with Gasteiger partial charge in [0.1, 0.15) is 24.1 Å². The summed E-state index contributed by atoms with van der Waals surface area (Å²) in [5.41, 5.74) is 0.127. The second-order valence-electron chi connectivity index (χ2n) is 5.92. The molecule has 0 heterocycles. The van der Waals surface area contributed by atoms with Crippen molar-refractivity contribution in [2.45, 2.75) is 24.4 Å². The van der Waals surface area contributed by atoms with Gasteiger partial charge in [0.15, 0.2) is 6.10 Å². The summed E-state index contributed by atoms with van der Waals surface area (Å²) in [4.78, 5) is 24.2. The van der Waals surface area contributed by atoms with E-state index in [-0.39, 0.29) is 5.56 Å². The highest BCUT2D eigenvalue weighted by atomic mass is 16.5. The van der Waals surface area contributed by atoms with Crippen molar-refractivity contribution in [1.82, 2.24) is 5.32 Å². The summed E-state index contributed by atoms with van der Waals surface area (Å²) in [7, 11) is 1.51. The lowest BCUT2D eigenvalue weighted by Gasteiger charge is -2.24. The lowest BCUT2D eigenvalue weighted by atomic mass is 10.0. The van der Waals surface area contributed by atoms with Gasteiger partial charge in [-0.25, -0.2) is 0 Å². The number of methoxy groups -OCH3 is 1. The molecule has 2 rings (SSSR count). The molecule has 0 aliphatic carbocycles. The van der Waals surface area contributed by atoms with Crippen molar-refractivity contribution in [3.8, 4) is 5.75 Å². The molecule has 2 amide bonds. The minimum absolute atomic E-state index is 0.127. The van der Waals surface area contributed by atoms with E-state index in [1.807, 2.05) is 5.32 Å². The molecule has 2 aromatic carbocycles. The highest BCUT2D eigenvalue weighted by molar-refractivity contribution is 6.07. The number of hydrogen-bond donors (Lipinski definition) is 6. The number of nitrogens with one attached hydrogen (secondary N) is 1. The molecule has 27 heavy (non-hydrogen) atoms. The summed E-state index contributed by atoms with van der Waals surface area (Å²) in [5.74, 6) is -1.50. The van der Waals surface area contributed by atoms with Gasteiger partial charge < -0.3 is 30.3 Å². The number of aliphatic hydroxyl groups excluding tert-OH is 5. The smallest absolute Gasteiger partial charge is 0.258 e. The van der Waals surface area contributed by atoms with Gasteiger partial charge in [-0.3, -0.25) is 14.9 Å². The molecular formula is C18H21NO8. The third-order valence-corrected chi connectivity index (χ3v) is 4.07. The first-order chi connectivity index (χ1) is 12.8. The second kappa shape index (κ2) is 8.89. The highest BCUT2D eigenvalue weighted by Crippen LogP contribution is 2.22. The molecule has 0 fully saturated rings. The zero-order valence-electron chi connectivity index (χ0n) is 14.4. The van der Waals surface area contributed by atoms with E-state index in [4.69, 9.17) is 9.84 Å². The van der Waals surface area contributed by atoms with E-state index < -0.39 is 42.8 Å². The number of rotatable bonds is 7. The Labute approximate surface area is 154 Å². The molecule has 2 aromatic rings. The van der Waals surface area contributed by atoms with E-state index in [1.165, 1.54) is 19.2 Å². The first-order valence-electron chi connectivity index (χ1n) is 8.04. The molecule has 0 aliphatic rings. The molecule has 6 N–H and O–H groups in total. The van der Waals surface area contributed by atoms with E-state index >= 15 is 0 Å².